The van der Waals surface area contributed by atoms with Crippen molar-refractivity contribution in [3.63, 3.8) is 0 Å². The fraction of sp³-hybridized carbons (Fsp3) is 0.720. The fourth-order valence-electron chi connectivity index (χ4n) is 5.24. The van der Waals surface area contributed by atoms with Gasteiger partial charge in [-0.05, 0) is 77.5 Å². The van der Waals surface area contributed by atoms with Crippen LogP contribution in [0, 0.1) is 0 Å². The van der Waals surface area contributed by atoms with Crippen molar-refractivity contribution in [3.05, 3.63) is 29.1 Å². The molecule has 3 aliphatic rings. The first kappa shape index (κ1) is 28.6. The molecular weight excluding hydrogens is 525 g/mol. The minimum Gasteiger partial charge on any atom is -0.444 e. The number of hydrogen-bond donors (Lipinski definition) is 1. The van der Waals surface area contributed by atoms with E-state index in [1.807, 2.05) is 25.5 Å². The van der Waals surface area contributed by atoms with E-state index < -0.39 is 45.1 Å². The molecule has 9 nitrogen and oxygen atoms in total. The minimum atomic E-state index is -4.70. The third-order valence-electron chi connectivity index (χ3n) is 7.35. The first-order chi connectivity index (χ1) is 17.6. The molecule has 0 atom stereocenters. The third-order valence-corrected chi connectivity index (χ3v) is 9.22. The average molecular weight is 561 g/mol. The summed E-state index contributed by atoms with van der Waals surface area (Å²) in [5, 5.41) is -0.628. The van der Waals surface area contributed by atoms with Crippen molar-refractivity contribution >= 4 is 22.0 Å². The van der Waals surface area contributed by atoms with Crippen molar-refractivity contribution in [2.24, 2.45) is 0 Å². The van der Waals surface area contributed by atoms with Crippen LogP contribution < -0.4 is 4.72 Å². The van der Waals surface area contributed by atoms with Gasteiger partial charge in [-0.1, -0.05) is 6.07 Å². The van der Waals surface area contributed by atoms with Gasteiger partial charge in [-0.25, -0.2) is 18.2 Å². The number of carbonyl (C=O) groups excluding carboxylic acids is 2. The van der Waals surface area contributed by atoms with Crippen LogP contribution in [0.25, 0.3) is 0 Å². The zero-order valence-electron chi connectivity index (χ0n) is 21.9. The van der Waals surface area contributed by atoms with Crippen molar-refractivity contribution in [2.45, 2.75) is 94.8 Å². The standard InChI is InChI=1S/C25H35F3N4O5S/c1-23(2,3)37-22(34)31-13-10-24(11-14-31)9-4-12-32(24)16-17-5-8-20(25(26,27)28)29-19(17)15-21(33)30-38(35,36)18-6-7-18/h5,8,18H,4,6-7,9-16H2,1-3H3,(H,30,33). The summed E-state index contributed by atoms with van der Waals surface area (Å²) in [7, 11) is -3.83. The normalized spacial score (nSPS) is 20.5. The third kappa shape index (κ3) is 6.77. The zero-order valence-corrected chi connectivity index (χ0v) is 22.8. The maximum Gasteiger partial charge on any atom is 0.433 e. The Morgan fingerprint density at radius 3 is 2.34 bits per heavy atom. The molecule has 1 aliphatic carbocycles. The number of rotatable bonds is 6. The van der Waals surface area contributed by atoms with Crippen LogP contribution in [0.4, 0.5) is 18.0 Å². The largest absolute Gasteiger partial charge is 0.444 e. The maximum atomic E-state index is 13.4. The second kappa shape index (κ2) is 10.3. The number of likely N-dealkylation sites (tertiary alicyclic amines) is 2. The van der Waals surface area contributed by atoms with Crippen molar-refractivity contribution in [1.29, 1.82) is 0 Å². The number of alkyl halides is 3. The maximum absolute atomic E-state index is 13.4. The summed E-state index contributed by atoms with van der Waals surface area (Å²) in [6.07, 6.45) is -1.56. The number of amides is 2. The molecule has 0 unspecified atom stereocenters. The van der Waals surface area contributed by atoms with E-state index in [1.165, 1.54) is 6.07 Å². The van der Waals surface area contributed by atoms with E-state index in [0.717, 1.165) is 25.5 Å². The van der Waals surface area contributed by atoms with E-state index >= 15 is 0 Å². The van der Waals surface area contributed by atoms with Crippen LogP contribution in [0.2, 0.25) is 0 Å². The molecule has 1 aromatic rings. The second-order valence-electron chi connectivity index (χ2n) is 11.5. The molecule has 0 radical (unpaired) electrons. The molecule has 2 aliphatic heterocycles. The van der Waals surface area contributed by atoms with Crippen LogP contribution in [0.15, 0.2) is 12.1 Å². The summed E-state index contributed by atoms with van der Waals surface area (Å²) in [6.45, 7) is 7.44. The lowest BCUT2D eigenvalue weighted by Crippen LogP contribution is -2.53. The number of nitrogens with one attached hydrogen (secondary N) is 1. The molecular formula is C25H35F3N4O5S. The number of halogens is 3. The molecule has 13 heteroatoms. The molecule has 0 aromatic carbocycles. The van der Waals surface area contributed by atoms with E-state index in [2.05, 4.69) is 9.88 Å². The van der Waals surface area contributed by atoms with Gasteiger partial charge in [0.05, 0.1) is 17.4 Å². The predicted molar refractivity (Wildman–Crippen MR) is 132 cm³/mol. The summed E-state index contributed by atoms with van der Waals surface area (Å²) in [5.41, 5.74) is -1.59. The van der Waals surface area contributed by atoms with E-state index in [-0.39, 0.29) is 23.9 Å². The molecule has 0 bridgehead atoms. The van der Waals surface area contributed by atoms with E-state index in [4.69, 9.17) is 4.74 Å². The van der Waals surface area contributed by atoms with Gasteiger partial charge in [0.1, 0.15) is 11.3 Å². The van der Waals surface area contributed by atoms with Crippen LogP contribution in [0.1, 0.15) is 76.2 Å². The smallest absolute Gasteiger partial charge is 0.433 e. The molecule has 1 spiro atoms. The van der Waals surface area contributed by atoms with Gasteiger partial charge in [-0.15, -0.1) is 0 Å². The number of nitrogens with zero attached hydrogens (tertiary/aromatic N) is 3. The van der Waals surface area contributed by atoms with Gasteiger partial charge in [-0.3, -0.25) is 14.4 Å². The molecule has 38 heavy (non-hydrogen) atoms. The Morgan fingerprint density at radius 1 is 1.11 bits per heavy atom. The van der Waals surface area contributed by atoms with Crippen molar-refractivity contribution in [2.75, 3.05) is 19.6 Å². The van der Waals surface area contributed by atoms with Gasteiger partial charge < -0.3 is 9.64 Å². The van der Waals surface area contributed by atoms with Crippen LogP contribution >= 0.6 is 0 Å². The first-order valence-electron chi connectivity index (χ1n) is 12.9. The predicted octanol–water partition coefficient (Wildman–Crippen LogP) is 3.62. The quantitative estimate of drug-likeness (QED) is 0.566. The number of carbonyl (C=O) groups is 2. The zero-order chi connectivity index (χ0) is 27.9. The number of sulfonamides is 1. The summed E-state index contributed by atoms with van der Waals surface area (Å²) in [5.74, 6) is -0.897. The van der Waals surface area contributed by atoms with Gasteiger partial charge in [0, 0.05) is 25.2 Å². The lowest BCUT2D eigenvalue weighted by Gasteiger charge is -2.45. The SMILES string of the molecule is CC(C)(C)OC(=O)N1CCC2(CCCN2Cc2ccc(C(F)(F)F)nc2CC(=O)NS(=O)(=O)C2CC2)CC1. The summed E-state index contributed by atoms with van der Waals surface area (Å²) < 4.78 is 72.0. The van der Waals surface area contributed by atoms with Crippen molar-refractivity contribution in [1.82, 2.24) is 19.5 Å². The summed E-state index contributed by atoms with van der Waals surface area (Å²) in [4.78, 5) is 32.7. The average Bonchev–Trinajstić information content (AvgIpc) is 3.58. The lowest BCUT2D eigenvalue weighted by molar-refractivity contribution is -0.141. The topological polar surface area (TPSA) is 109 Å². The van der Waals surface area contributed by atoms with Crippen LogP contribution in [0.5, 0.6) is 0 Å². The Kier molecular flexibility index (Phi) is 7.74. The molecule has 2 amide bonds. The van der Waals surface area contributed by atoms with Gasteiger partial charge in [-0.2, -0.15) is 13.2 Å². The van der Waals surface area contributed by atoms with Crippen molar-refractivity contribution in [3.8, 4) is 0 Å². The molecule has 3 fully saturated rings. The van der Waals surface area contributed by atoms with Gasteiger partial charge in [0.25, 0.3) is 0 Å². The molecule has 2 saturated heterocycles. The molecule has 1 saturated carbocycles. The Bertz CT molecular complexity index is 1170. The lowest BCUT2D eigenvalue weighted by atomic mass is 9.84. The molecule has 1 aromatic heterocycles. The second-order valence-corrected chi connectivity index (χ2v) is 13.4. The van der Waals surface area contributed by atoms with E-state index in [0.29, 0.717) is 44.3 Å². The van der Waals surface area contributed by atoms with Gasteiger partial charge in [0.15, 0.2) is 0 Å². The highest BCUT2D eigenvalue weighted by molar-refractivity contribution is 7.90. The van der Waals surface area contributed by atoms with E-state index in [9.17, 15) is 31.2 Å². The molecule has 1 N–H and O–H groups in total. The van der Waals surface area contributed by atoms with Gasteiger partial charge in [0.2, 0.25) is 15.9 Å². The number of hydrogen-bond acceptors (Lipinski definition) is 7. The highest BCUT2D eigenvalue weighted by atomic mass is 32.2. The monoisotopic (exact) mass is 560 g/mol. The minimum absolute atomic E-state index is 0.0865. The Morgan fingerprint density at radius 2 is 1.76 bits per heavy atom. The summed E-state index contributed by atoms with van der Waals surface area (Å²) in [6, 6.07) is 2.22. The first-order valence-corrected chi connectivity index (χ1v) is 14.5. The number of aromatic nitrogens is 1. The number of ether oxygens (including phenoxy) is 1. The fourth-order valence-corrected chi connectivity index (χ4v) is 6.55. The Hall–Kier alpha value is -2.41. The Balaban J connectivity index is 1.49. The van der Waals surface area contributed by atoms with Crippen LogP contribution in [-0.2, 0) is 38.7 Å². The molecule has 212 valence electrons. The highest BCUT2D eigenvalue weighted by Crippen LogP contribution is 2.40. The van der Waals surface area contributed by atoms with Crippen LogP contribution in [0.3, 0.4) is 0 Å². The molecule has 4 rings (SSSR count). The van der Waals surface area contributed by atoms with Gasteiger partial charge >= 0.3 is 12.3 Å². The summed E-state index contributed by atoms with van der Waals surface area (Å²) >= 11 is 0. The highest BCUT2D eigenvalue weighted by Gasteiger charge is 2.45. The number of pyridine rings is 1. The van der Waals surface area contributed by atoms with Crippen molar-refractivity contribution < 1.29 is 35.9 Å². The van der Waals surface area contributed by atoms with E-state index in [1.54, 1.807) is 4.90 Å². The number of piperidine rings is 1. The van der Waals surface area contributed by atoms with Crippen LogP contribution in [-0.4, -0.2) is 71.2 Å². The Labute approximate surface area is 221 Å². The molecule has 3 heterocycles.